The van der Waals surface area contributed by atoms with Crippen LogP contribution in [0.4, 0.5) is 0 Å². The van der Waals surface area contributed by atoms with E-state index in [1.165, 1.54) is 23.3 Å². The average molecular weight is 274 g/mol. The second kappa shape index (κ2) is 5.57. The summed E-state index contributed by atoms with van der Waals surface area (Å²) < 4.78 is 1.50. The van der Waals surface area contributed by atoms with Crippen molar-refractivity contribution in [3.8, 4) is 0 Å². The molecule has 0 aromatic carbocycles. The van der Waals surface area contributed by atoms with Crippen LogP contribution in [0.5, 0.6) is 0 Å². The predicted molar refractivity (Wildman–Crippen MR) is 68.7 cm³/mol. The number of rotatable bonds is 6. The van der Waals surface area contributed by atoms with Gasteiger partial charge in [0.25, 0.3) is 0 Å². The van der Waals surface area contributed by atoms with Crippen molar-refractivity contribution in [3.05, 3.63) is 10.5 Å². The smallest absolute Gasteiger partial charge is 0.343 e. The molecule has 18 heavy (non-hydrogen) atoms. The molecular formula is C10H18N4O3S. The van der Waals surface area contributed by atoms with Gasteiger partial charge in [-0.3, -0.25) is 9.36 Å². The molecule has 8 heteroatoms. The van der Waals surface area contributed by atoms with E-state index in [9.17, 15) is 9.59 Å². The summed E-state index contributed by atoms with van der Waals surface area (Å²) in [4.78, 5) is 22.3. The minimum Gasteiger partial charge on any atom is -0.480 e. The van der Waals surface area contributed by atoms with Gasteiger partial charge in [-0.2, -0.15) is 0 Å². The highest BCUT2D eigenvalue weighted by atomic mass is 32.2. The molecule has 2 atom stereocenters. The van der Waals surface area contributed by atoms with Gasteiger partial charge in [0.2, 0.25) is 0 Å². The number of carboxylic acid groups (broad SMARTS) is 1. The van der Waals surface area contributed by atoms with Crippen molar-refractivity contribution < 1.29 is 9.90 Å². The maximum Gasteiger partial charge on any atom is 0.343 e. The fraction of sp³-hybridized carbons (Fsp3) is 0.700. The summed E-state index contributed by atoms with van der Waals surface area (Å²) in [6.45, 7) is 5.70. The highest BCUT2D eigenvalue weighted by Crippen LogP contribution is 2.25. The number of carbonyl (C=O) groups is 1. The Morgan fingerprint density at radius 3 is 2.83 bits per heavy atom. The highest BCUT2D eigenvalue weighted by molar-refractivity contribution is 7.99. The van der Waals surface area contributed by atoms with Crippen LogP contribution in [0, 0.1) is 0 Å². The molecule has 0 aliphatic carbocycles. The Morgan fingerprint density at radius 2 is 2.33 bits per heavy atom. The Labute approximate surface area is 109 Å². The fourth-order valence-electron chi connectivity index (χ4n) is 1.58. The standard InChI is InChI=1S/C10H18N4O3S/c1-4-14-8(17)12-13-9(14)18-6(2)5-10(3,11)7(15)16/h6H,4-5,11H2,1-3H3,(H,12,17)(H,15,16). The van der Waals surface area contributed by atoms with Crippen molar-refractivity contribution >= 4 is 17.7 Å². The van der Waals surface area contributed by atoms with Gasteiger partial charge in [0.05, 0.1) is 0 Å². The van der Waals surface area contributed by atoms with E-state index >= 15 is 0 Å². The zero-order chi connectivity index (χ0) is 13.9. The number of thioether (sulfide) groups is 1. The molecule has 0 aliphatic heterocycles. The largest absolute Gasteiger partial charge is 0.480 e. The number of hydrogen-bond donors (Lipinski definition) is 3. The highest BCUT2D eigenvalue weighted by Gasteiger charge is 2.30. The van der Waals surface area contributed by atoms with Gasteiger partial charge in [-0.05, 0) is 20.3 Å². The normalized spacial score (nSPS) is 16.2. The third kappa shape index (κ3) is 3.36. The number of nitrogens with one attached hydrogen (secondary N) is 1. The van der Waals surface area contributed by atoms with Crippen molar-refractivity contribution in [2.75, 3.05) is 0 Å². The Hall–Kier alpha value is -1.28. The third-order valence-corrected chi connectivity index (χ3v) is 3.64. The number of aliphatic carboxylic acids is 1. The summed E-state index contributed by atoms with van der Waals surface area (Å²) in [6.07, 6.45) is 0.289. The third-order valence-electron chi connectivity index (χ3n) is 2.55. The fourth-order valence-corrected chi connectivity index (χ4v) is 2.81. The average Bonchev–Trinajstić information content (AvgIpc) is 2.58. The summed E-state index contributed by atoms with van der Waals surface area (Å²) in [6, 6.07) is 0. The Bertz CT molecular complexity index is 480. The molecule has 0 amide bonds. The first-order valence-corrected chi connectivity index (χ1v) is 6.50. The van der Waals surface area contributed by atoms with Crippen LogP contribution in [-0.4, -0.2) is 36.6 Å². The lowest BCUT2D eigenvalue weighted by Crippen LogP contribution is -2.46. The minimum atomic E-state index is -1.28. The van der Waals surface area contributed by atoms with Crippen LogP contribution in [0.1, 0.15) is 27.2 Å². The number of aromatic amines is 1. The van der Waals surface area contributed by atoms with E-state index in [1.54, 1.807) is 0 Å². The van der Waals surface area contributed by atoms with Gasteiger partial charge in [0.15, 0.2) is 5.16 Å². The van der Waals surface area contributed by atoms with Crippen LogP contribution < -0.4 is 11.4 Å². The first kappa shape index (κ1) is 14.8. The summed E-state index contributed by atoms with van der Waals surface area (Å²) in [5.41, 5.74) is 4.14. The molecule has 0 saturated heterocycles. The van der Waals surface area contributed by atoms with Crippen LogP contribution in [-0.2, 0) is 11.3 Å². The maximum absolute atomic E-state index is 11.4. The number of aromatic nitrogens is 3. The van der Waals surface area contributed by atoms with E-state index in [-0.39, 0.29) is 17.4 Å². The topological polar surface area (TPSA) is 114 Å². The lowest BCUT2D eigenvalue weighted by Gasteiger charge is -2.22. The van der Waals surface area contributed by atoms with Gasteiger partial charge in [-0.1, -0.05) is 18.7 Å². The van der Waals surface area contributed by atoms with Crippen molar-refractivity contribution in [1.29, 1.82) is 0 Å². The van der Waals surface area contributed by atoms with E-state index in [0.717, 1.165) is 0 Å². The van der Waals surface area contributed by atoms with Crippen LogP contribution in [0.15, 0.2) is 9.95 Å². The van der Waals surface area contributed by atoms with Gasteiger partial charge in [-0.15, -0.1) is 5.10 Å². The second-order valence-electron chi connectivity index (χ2n) is 4.41. The number of nitrogens with two attached hydrogens (primary N) is 1. The Kier molecular flexibility index (Phi) is 4.58. The molecule has 7 nitrogen and oxygen atoms in total. The molecule has 0 aliphatic rings. The number of carboxylic acids is 1. The molecule has 0 bridgehead atoms. The molecule has 0 spiro atoms. The maximum atomic E-state index is 11.4. The van der Waals surface area contributed by atoms with Gasteiger partial charge in [0, 0.05) is 11.8 Å². The van der Waals surface area contributed by atoms with Crippen LogP contribution in [0.2, 0.25) is 0 Å². The first-order chi connectivity index (χ1) is 8.27. The first-order valence-electron chi connectivity index (χ1n) is 5.62. The second-order valence-corrected chi connectivity index (χ2v) is 5.82. The van der Waals surface area contributed by atoms with E-state index in [2.05, 4.69) is 10.2 Å². The summed E-state index contributed by atoms with van der Waals surface area (Å²) in [7, 11) is 0. The minimum absolute atomic E-state index is 0.0587. The zero-order valence-corrected chi connectivity index (χ0v) is 11.5. The van der Waals surface area contributed by atoms with Crippen molar-refractivity contribution in [2.45, 2.75) is 49.7 Å². The quantitative estimate of drug-likeness (QED) is 0.641. The SMILES string of the molecule is CCn1c(SC(C)CC(C)(N)C(=O)O)n[nH]c1=O. The van der Waals surface area contributed by atoms with Crippen LogP contribution >= 0.6 is 11.8 Å². The molecule has 0 radical (unpaired) electrons. The van der Waals surface area contributed by atoms with Gasteiger partial charge in [0.1, 0.15) is 5.54 Å². The van der Waals surface area contributed by atoms with Crippen molar-refractivity contribution in [3.63, 3.8) is 0 Å². The molecule has 1 aromatic rings. The molecule has 2 unspecified atom stereocenters. The molecular weight excluding hydrogens is 256 g/mol. The van der Waals surface area contributed by atoms with Crippen LogP contribution in [0.25, 0.3) is 0 Å². The summed E-state index contributed by atoms with van der Waals surface area (Å²) in [5, 5.41) is 15.7. The van der Waals surface area contributed by atoms with Crippen molar-refractivity contribution in [1.82, 2.24) is 14.8 Å². The van der Waals surface area contributed by atoms with E-state index in [1.807, 2.05) is 13.8 Å². The number of nitrogens with zero attached hydrogens (tertiary/aromatic N) is 2. The molecule has 0 saturated carbocycles. The molecule has 1 rings (SSSR count). The zero-order valence-electron chi connectivity index (χ0n) is 10.6. The molecule has 102 valence electrons. The molecule has 1 aromatic heterocycles. The Balaban J connectivity index is 2.73. The Morgan fingerprint density at radius 1 is 1.72 bits per heavy atom. The van der Waals surface area contributed by atoms with Gasteiger partial charge < -0.3 is 10.8 Å². The lowest BCUT2D eigenvalue weighted by atomic mass is 9.98. The molecule has 1 heterocycles. The van der Waals surface area contributed by atoms with E-state index < -0.39 is 11.5 Å². The van der Waals surface area contributed by atoms with Crippen molar-refractivity contribution in [2.24, 2.45) is 5.73 Å². The van der Waals surface area contributed by atoms with Crippen LogP contribution in [0.3, 0.4) is 0 Å². The van der Waals surface area contributed by atoms with Gasteiger partial charge >= 0.3 is 11.7 Å². The molecule has 4 N–H and O–H groups in total. The summed E-state index contributed by atoms with van der Waals surface area (Å²) in [5.74, 6) is -1.04. The number of H-pyrrole nitrogens is 1. The van der Waals surface area contributed by atoms with E-state index in [0.29, 0.717) is 11.7 Å². The number of hydrogen-bond acceptors (Lipinski definition) is 5. The lowest BCUT2D eigenvalue weighted by molar-refractivity contribution is -0.142. The summed E-state index contributed by atoms with van der Waals surface area (Å²) >= 11 is 1.34. The van der Waals surface area contributed by atoms with Gasteiger partial charge in [-0.25, -0.2) is 9.89 Å². The van der Waals surface area contributed by atoms with E-state index in [4.69, 9.17) is 10.8 Å². The predicted octanol–water partition coefficient (Wildman–Crippen LogP) is 0.264. The molecule has 0 fully saturated rings. The monoisotopic (exact) mass is 274 g/mol.